The maximum Gasteiger partial charge on any atom is 0.310 e. The third kappa shape index (κ3) is 5.27. The van der Waals surface area contributed by atoms with E-state index in [0.717, 1.165) is 30.2 Å². The van der Waals surface area contributed by atoms with E-state index in [4.69, 9.17) is 20.8 Å². The van der Waals surface area contributed by atoms with Crippen LogP contribution in [0.2, 0.25) is 5.02 Å². The highest BCUT2D eigenvalue weighted by Crippen LogP contribution is 2.27. The Hall–Kier alpha value is -3.36. The number of para-hydroxylation sites is 2. The standard InChI is InChI=1S/C23H22ClN3O5/c24-18-5-3-4-17(14-18)15-25-10-12-26(13-11-25)23(28)22-9-8-19(32-22)16-31-21-7-2-1-6-20(21)27(29)30/h1-9,14H,10-13,15-16H2. The van der Waals surface area contributed by atoms with Crippen molar-refractivity contribution in [1.82, 2.24) is 9.80 Å². The summed E-state index contributed by atoms with van der Waals surface area (Å²) in [4.78, 5) is 27.4. The molecule has 3 aromatic rings. The largest absolute Gasteiger partial charge is 0.479 e. The molecule has 0 N–H and O–H groups in total. The quantitative estimate of drug-likeness (QED) is 0.388. The Bertz CT molecular complexity index is 1110. The van der Waals surface area contributed by atoms with Gasteiger partial charge in [-0.15, -0.1) is 0 Å². The first kappa shape index (κ1) is 21.9. The molecule has 0 unspecified atom stereocenters. The van der Waals surface area contributed by atoms with Gasteiger partial charge in [-0.1, -0.05) is 35.9 Å². The molecule has 166 valence electrons. The molecule has 9 heteroatoms. The molecule has 4 rings (SSSR count). The second kappa shape index (κ2) is 9.84. The van der Waals surface area contributed by atoms with Crippen molar-refractivity contribution in [2.75, 3.05) is 26.2 Å². The lowest BCUT2D eigenvalue weighted by atomic mass is 10.2. The van der Waals surface area contributed by atoms with E-state index in [2.05, 4.69) is 4.90 Å². The summed E-state index contributed by atoms with van der Waals surface area (Å²) in [6.07, 6.45) is 0. The van der Waals surface area contributed by atoms with Crippen molar-refractivity contribution in [1.29, 1.82) is 0 Å². The number of hydrogen-bond acceptors (Lipinski definition) is 6. The number of piperazine rings is 1. The molecule has 0 atom stereocenters. The van der Waals surface area contributed by atoms with Gasteiger partial charge < -0.3 is 14.1 Å². The summed E-state index contributed by atoms with van der Waals surface area (Å²) < 4.78 is 11.2. The first-order valence-electron chi connectivity index (χ1n) is 10.2. The van der Waals surface area contributed by atoms with Gasteiger partial charge in [0.2, 0.25) is 0 Å². The van der Waals surface area contributed by atoms with Crippen LogP contribution in [0.15, 0.2) is 65.1 Å². The Balaban J connectivity index is 1.30. The van der Waals surface area contributed by atoms with Crippen LogP contribution in [0.3, 0.4) is 0 Å². The number of ether oxygens (including phenoxy) is 1. The minimum atomic E-state index is -0.502. The SMILES string of the molecule is O=C(c1ccc(COc2ccccc2[N+](=O)[O-])o1)N1CCN(Cc2cccc(Cl)c2)CC1. The number of halogens is 1. The van der Waals surface area contributed by atoms with Crippen molar-refractivity contribution < 1.29 is 18.9 Å². The maximum atomic E-state index is 12.8. The number of hydrogen-bond donors (Lipinski definition) is 0. The first-order chi connectivity index (χ1) is 15.5. The molecule has 0 radical (unpaired) electrons. The van der Waals surface area contributed by atoms with Crippen molar-refractivity contribution in [3.63, 3.8) is 0 Å². The van der Waals surface area contributed by atoms with Crippen molar-refractivity contribution >= 4 is 23.2 Å². The van der Waals surface area contributed by atoms with Crippen LogP contribution in [-0.4, -0.2) is 46.8 Å². The summed E-state index contributed by atoms with van der Waals surface area (Å²) in [7, 11) is 0. The molecule has 1 aliphatic heterocycles. The van der Waals surface area contributed by atoms with Crippen molar-refractivity contribution in [3.8, 4) is 5.75 Å². The number of amides is 1. The van der Waals surface area contributed by atoms with E-state index in [1.165, 1.54) is 12.1 Å². The summed E-state index contributed by atoms with van der Waals surface area (Å²) in [6, 6.07) is 17.2. The van der Waals surface area contributed by atoms with Gasteiger partial charge in [0.05, 0.1) is 4.92 Å². The number of nitro benzene ring substituents is 1. The minimum absolute atomic E-state index is 0.00839. The van der Waals surface area contributed by atoms with Crippen LogP contribution >= 0.6 is 11.6 Å². The molecule has 0 spiro atoms. The third-order valence-corrected chi connectivity index (χ3v) is 5.49. The Kier molecular flexibility index (Phi) is 6.72. The van der Waals surface area contributed by atoms with Gasteiger partial charge in [0, 0.05) is 43.8 Å². The van der Waals surface area contributed by atoms with Gasteiger partial charge in [0.1, 0.15) is 12.4 Å². The molecule has 2 heterocycles. The molecule has 8 nitrogen and oxygen atoms in total. The van der Waals surface area contributed by atoms with Gasteiger partial charge in [0.15, 0.2) is 11.5 Å². The molecule has 1 saturated heterocycles. The molecule has 0 saturated carbocycles. The number of furan rings is 1. The van der Waals surface area contributed by atoms with Crippen LogP contribution in [-0.2, 0) is 13.2 Å². The van der Waals surface area contributed by atoms with Crippen LogP contribution in [0, 0.1) is 10.1 Å². The van der Waals surface area contributed by atoms with Gasteiger partial charge >= 0.3 is 5.69 Å². The molecule has 1 amide bonds. The third-order valence-electron chi connectivity index (χ3n) is 5.26. The minimum Gasteiger partial charge on any atom is -0.479 e. The Labute approximate surface area is 190 Å². The average molecular weight is 456 g/mol. The van der Waals surface area contributed by atoms with Crippen molar-refractivity contribution in [3.05, 3.63) is 92.9 Å². The summed E-state index contributed by atoms with van der Waals surface area (Å²) >= 11 is 6.06. The molecule has 1 aliphatic rings. The molecular weight excluding hydrogens is 434 g/mol. The fourth-order valence-electron chi connectivity index (χ4n) is 3.61. The Morgan fingerprint density at radius 1 is 1.06 bits per heavy atom. The van der Waals surface area contributed by atoms with Crippen LogP contribution in [0.25, 0.3) is 0 Å². The van der Waals surface area contributed by atoms with Gasteiger partial charge in [-0.05, 0) is 35.9 Å². The normalized spacial score (nSPS) is 14.3. The van der Waals surface area contributed by atoms with E-state index in [1.807, 2.05) is 24.3 Å². The van der Waals surface area contributed by atoms with Crippen molar-refractivity contribution in [2.24, 2.45) is 0 Å². The number of carbonyl (C=O) groups excluding carboxylic acids is 1. The monoisotopic (exact) mass is 455 g/mol. The summed E-state index contributed by atoms with van der Waals surface area (Å²) in [5, 5.41) is 11.8. The van der Waals surface area contributed by atoms with Gasteiger partial charge in [0.25, 0.3) is 5.91 Å². The molecule has 1 aromatic heterocycles. The summed E-state index contributed by atoms with van der Waals surface area (Å²) in [5.74, 6) is 0.627. The molecule has 0 bridgehead atoms. The van der Waals surface area contributed by atoms with Gasteiger partial charge in [-0.3, -0.25) is 19.8 Å². The van der Waals surface area contributed by atoms with E-state index in [-0.39, 0.29) is 29.7 Å². The molecule has 0 aliphatic carbocycles. The van der Waals surface area contributed by atoms with Crippen molar-refractivity contribution in [2.45, 2.75) is 13.2 Å². The van der Waals surface area contributed by atoms with E-state index in [1.54, 1.807) is 29.2 Å². The molecule has 32 heavy (non-hydrogen) atoms. The number of nitrogens with zero attached hydrogens (tertiary/aromatic N) is 3. The van der Waals surface area contributed by atoms with E-state index in [9.17, 15) is 14.9 Å². The molecule has 1 fully saturated rings. The van der Waals surface area contributed by atoms with Crippen LogP contribution < -0.4 is 4.74 Å². The number of nitro groups is 1. The van der Waals surface area contributed by atoms with Crippen LogP contribution in [0.5, 0.6) is 5.75 Å². The number of rotatable bonds is 7. The first-order valence-corrected chi connectivity index (χ1v) is 10.6. The van der Waals surface area contributed by atoms with Gasteiger partial charge in [-0.25, -0.2) is 0 Å². The Morgan fingerprint density at radius 2 is 1.84 bits per heavy atom. The number of carbonyl (C=O) groups is 1. The zero-order chi connectivity index (χ0) is 22.5. The van der Waals surface area contributed by atoms with Crippen LogP contribution in [0.1, 0.15) is 21.9 Å². The predicted octanol–water partition coefficient (Wildman–Crippen LogP) is 4.38. The lowest BCUT2D eigenvalue weighted by Gasteiger charge is -2.34. The Morgan fingerprint density at radius 3 is 2.59 bits per heavy atom. The van der Waals surface area contributed by atoms with E-state index < -0.39 is 4.92 Å². The maximum absolute atomic E-state index is 12.8. The highest BCUT2D eigenvalue weighted by atomic mass is 35.5. The zero-order valence-electron chi connectivity index (χ0n) is 17.3. The predicted molar refractivity (Wildman–Crippen MR) is 119 cm³/mol. The zero-order valence-corrected chi connectivity index (χ0v) is 18.0. The smallest absolute Gasteiger partial charge is 0.310 e. The van der Waals surface area contributed by atoms with Gasteiger partial charge in [-0.2, -0.15) is 0 Å². The van der Waals surface area contributed by atoms with E-state index >= 15 is 0 Å². The highest BCUT2D eigenvalue weighted by Gasteiger charge is 2.24. The summed E-state index contributed by atoms with van der Waals surface area (Å²) in [5.41, 5.74) is 1.03. The highest BCUT2D eigenvalue weighted by molar-refractivity contribution is 6.30. The number of benzene rings is 2. The average Bonchev–Trinajstić information content (AvgIpc) is 3.27. The lowest BCUT2D eigenvalue weighted by Crippen LogP contribution is -2.48. The second-order valence-electron chi connectivity index (χ2n) is 7.48. The molecular formula is C23H22ClN3O5. The fourth-order valence-corrected chi connectivity index (χ4v) is 3.82. The van der Waals surface area contributed by atoms with E-state index in [0.29, 0.717) is 18.8 Å². The second-order valence-corrected chi connectivity index (χ2v) is 7.91. The molecule has 2 aromatic carbocycles. The lowest BCUT2D eigenvalue weighted by molar-refractivity contribution is -0.386. The fraction of sp³-hybridized carbons (Fsp3) is 0.261. The summed E-state index contributed by atoms with van der Waals surface area (Å²) in [6.45, 7) is 3.49. The topological polar surface area (TPSA) is 89.1 Å². The van der Waals surface area contributed by atoms with Crippen LogP contribution in [0.4, 0.5) is 5.69 Å².